The summed E-state index contributed by atoms with van der Waals surface area (Å²) in [7, 11) is 2.15. The van der Waals surface area contributed by atoms with Gasteiger partial charge in [0.2, 0.25) is 5.95 Å². The van der Waals surface area contributed by atoms with E-state index in [1.165, 1.54) is 0 Å². The predicted molar refractivity (Wildman–Crippen MR) is 106 cm³/mol. The largest absolute Gasteiger partial charge is 0.351 e. The standard InChI is InChI=1S/C20H26N6O/c1-3-25-14-15-13-21-19(22-16-9-11-24(2)12-10-16)23-18(15)26(20(25)27)17-7-5-4-6-8-17/h4-8,13,16H,3,9-12,14H2,1-2H3,(H,21,22,23). The Morgan fingerprint density at radius 1 is 1.19 bits per heavy atom. The van der Waals surface area contributed by atoms with Crippen molar-refractivity contribution in [3.05, 3.63) is 42.1 Å². The maximum absolute atomic E-state index is 13.0. The van der Waals surface area contributed by atoms with Crippen molar-refractivity contribution in [2.45, 2.75) is 32.4 Å². The number of fused-ring (bicyclic) bond motifs is 1. The highest BCUT2D eigenvalue weighted by Crippen LogP contribution is 2.33. The van der Waals surface area contributed by atoms with E-state index in [2.05, 4.69) is 22.2 Å². The summed E-state index contributed by atoms with van der Waals surface area (Å²) in [6.45, 7) is 5.33. The van der Waals surface area contributed by atoms with E-state index in [9.17, 15) is 4.79 Å². The lowest BCUT2D eigenvalue weighted by molar-refractivity contribution is 0.204. The van der Waals surface area contributed by atoms with Crippen molar-refractivity contribution in [3.63, 3.8) is 0 Å². The third-order valence-electron chi connectivity index (χ3n) is 5.32. The van der Waals surface area contributed by atoms with Crippen LogP contribution in [0.15, 0.2) is 36.5 Å². The van der Waals surface area contributed by atoms with E-state index in [1.807, 2.05) is 48.4 Å². The number of rotatable bonds is 4. The quantitative estimate of drug-likeness (QED) is 0.901. The van der Waals surface area contributed by atoms with Gasteiger partial charge in [-0.2, -0.15) is 4.98 Å². The number of likely N-dealkylation sites (tertiary alicyclic amines) is 1. The molecule has 2 aromatic rings. The maximum atomic E-state index is 13.0. The number of urea groups is 1. The molecule has 7 heteroatoms. The zero-order valence-electron chi connectivity index (χ0n) is 15.9. The van der Waals surface area contributed by atoms with E-state index in [1.54, 1.807) is 4.90 Å². The number of amides is 2. The van der Waals surface area contributed by atoms with Gasteiger partial charge in [0.25, 0.3) is 0 Å². The van der Waals surface area contributed by atoms with Crippen LogP contribution < -0.4 is 10.2 Å². The molecule has 0 atom stereocenters. The summed E-state index contributed by atoms with van der Waals surface area (Å²) >= 11 is 0. The minimum atomic E-state index is -0.0415. The van der Waals surface area contributed by atoms with E-state index in [0.29, 0.717) is 30.9 Å². The van der Waals surface area contributed by atoms with Crippen molar-refractivity contribution >= 4 is 23.5 Å². The Morgan fingerprint density at radius 2 is 1.93 bits per heavy atom. The van der Waals surface area contributed by atoms with Gasteiger partial charge in [-0.3, -0.25) is 0 Å². The van der Waals surface area contributed by atoms with Crippen LogP contribution in [0.4, 0.5) is 22.2 Å². The summed E-state index contributed by atoms with van der Waals surface area (Å²) in [6, 6.07) is 10.0. The number of hydrogen-bond acceptors (Lipinski definition) is 5. The number of carbonyl (C=O) groups excluding carboxylic acids is 1. The van der Waals surface area contributed by atoms with Gasteiger partial charge in [0.15, 0.2) is 5.82 Å². The van der Waals surface area contributed by atoms with Crippen molar-refractivity contribution in [2.24, 2.45) is 0 Å². The fraction of sp³-hybridized carbons (Fsp3) is 0.450. The molecule has 1 fully saturated rings. The molecule has 2 aliphatic rings. The van der Waals surface area contributed by atoms with Crippen LogP contribution in [0.3, 0.4) is 0 Å². The zero-order chi connectivity index (χ0) is 18.8. The third kappa shape index (κ3) is 3.60. The van der Waals surface area contributed by atoms with Crippen LogP contribution in [0, 0.1) is 0 Å². The van der Waals surface area contributed by atoms with E-state index in [-0.39, 0.29) is 6.03 Å². The molecular weight excluding hydrogens is 340 g/mol. The van der Waals surface area contributed by atoms with Gasteiger partial charge >= 0.3 is 6.03 Å². The lowest BCUT2D eigenvalue weighted by atomic mass is 10.1. The van der Waals surface area contributed by atoms with Crippen LogP contribution >= 0.6 is 0 Å². The van der Waals surface area contributed by atoms with Gasteiger partial charge in [0.05, 0.1) is 12.2 Å². The summed E-state index contributed by atoms with van der Waals surface area (Å²) in [6.07, 6.45) is 3.99. The molecule has 0 saturated carbocycles. The van der Waals surface area contributed by atoms with Gasteiger partial charge < -0.3 is 15.1 Å². The van der Waals surface area contributed by atoms with Crippen LogP contribution in [-0.4, -0.2) is 58.5 Å². The first-order valence-corrected chi connectivity index (χ1v) is 9.60. The van der Waals surface area contributed by atoms with E-state index >= 15 is 0 Å². The fourth-order valence-electron chi connectivity index (χ4n) is 3.67. The molecule has 0 aliphatic carbocycles. The number of nitrogens with one attached hydrogen (secondary N) is 1. The number of nitrogens with zero attached hydrogens (tertiary/aromatic N) is 5. The number of para-hydroxylation sites is 1. The lowest BCUT2D eigenvalue weighted by Gasteiger charge is -2.36. The summed E-state index contributed by atoms with van der Waals surface area (Å²) in [5, 5.41) is 3.46. The van der Waals surface area contributed by atoms with Gasteiger partial charge in [-0.1, -0.05) is 18.2 Å². The van der Waals surface area contributed by atoms with Gasteiger partial charge in [0, 0.05) is 24.3 Å². The second-order valence-electron chi connectivity index (χ2n) is 7.23. The monoisotopic (exact) mass is 366 g/mol. The van der Waals surface area contributed by atoms with Crippen LogP contribution in [0.5, 0.6) is 0 Å². The molecule has 0 bridgehead atoms. The van der Waals surface area contributed by atoms with E-state index < -0.39 is 0 Å². The number of aromatic nitrogens is 2. The molecule has 0 spiro atoms. The second kappa shape index (κ2) is 7.52. The van der Waals surface area contributed by atoms with Crippen molar-refractivity contribution in [1.82, 2.24) is 19.8 Å². The Morgan fingerprint density at radius 3 is 2.63 bits per heavy atom. The molecule has 0 unspecified atom stereocenters. The van der Waals surface area contributed by atoms with Crippen molar-refractivity contribution in [3.8, 4) is 0 Å². The molecular formula is C20H26N6O. The minimum absolute atomic E-state index is 0.0415. The predicted octanol–water partition coefficient (Wildman–Crippen LogP) is 3.08. The Labute approximate surface area is 160 Å². The number of anilines is 3. The first-order valence-electron chi connectivity index (χ1n) is 9.60. The lowest BCUT2D eigenvalue weighted by Crippen LogP contribution is -2.45. The first-order chi connectivity index (χ1) is 13.2. The second-order valence-corrected chi connectivity index (χ2v) is 7.23. The molecule has 1 aromatic heterocycles. The van der Waals surface area contributed by atoms with E-state index in [0.717, 1.165) is 37.2 Å². The first kappa shape index (κ1) is 17.7. The van der Waals surface area contributed by atoms with Crippen molar-refractivity contribution < 1.29 is 4.79 Å². The Balaban J connectivity index is 1.65. The van der Waals surface area contributed by atoms with Gasteiger partial charge in [-0.05, 0) is 52.0 Å². The molecule has 4 rings (SSSR count). The minimum Gasteiger partial charge on any atom is -0.351 e. The smallest absolute Gasteiger partial charge is 0.330 e. The number of hydrogen-bond donors (Lipinski definition) is 1. The number of benzene rings is 1. The highest BCUT2D eigenvalue weighted by molar-refractivity contribution is 6.00. The van der Waals surface area contributed by atoms with Gasteiger partial charge in [0.1, 0.15) is 0 Å². The topological polar surface area (TPSA) is 64.6 Å². The SMILES string of the molecule is CCN1Cc2cnc(NC3CCN(C)CC3)nc2N(c2ccccc2)C1=O. The number of carbonyl (C=O) groups is 1. The number of piperidine rings is 1. The molecule has 1 aromatic carbocycles. The summed E-state index contributed by atoms with van der Waals surface area (Å²) in [5.41, 5.74) is 1.79. The summed E-state index contributed by atoms with van der Waals surface area (Å²) in [5.74, 6) is 1.28. The van der Waals surface area contributed by atoms with Crippen LogP contribution in [0.25, 0.3) is 0 Å². The normalized spacial score (nSPS) is 18.5. The Bertz CT molecular complexity index is 803. The Hall–Kier alpha value is -2.67. The van der Waals surface area contributed by atoms with E-state index in [4.69, 9.17) is 4.98 Å². The highest BCUT2D eigenvalue weighted by Gasteiger charge is 2.32. The zero-order valence-corrected chi connectivity index (χ0v) is 15.9. The third-order valence-corrected chi connectivity index (χ3v) is 5.32. The molecule has 2 amide bonds. The van der Waals surface area contributed by atoms with Crippen molar-refractivity contribution in [2.75, 3.05) is 36.9 Å². The average molecular weight is 366 g/mol. The molecule has 27 heavy (non-hydrogen) atoms. The van der Waals surface area contributed by atoms with Crippen molar-refractivity contribution in [1.29, 1.82) is 0 Å². The average Bonchev–Trinajstić information content (AvgIpc) is 2.70. The molecule has 7 nitrogen and oxygen atoms in total. The van der Waals surface area contributed by atoms with Gasteiger partial charge in [-0.15, -0.1) is 0 Å². The van der Waals surface area contributed by atoms with Crippen LogP contribution in [0.2, 0.25) is 0 Å². The highest BCUT2D eigenvalue weighted by atomic mass is 16.2. The summed E-state index contributed by atoms with van der Waals surface area (Å²) in [4.78, 5) is 28.1. The molecule has 142 valence electrons. The molecule has 0 radical (unpaired) electrons. The Kier molecular flexibility index (Phi) is 4.94. The van der Waals surface area contributed by atoms with Crippen LogP contribution in [0.1, 0.15) is 25.3 Å². The molecule has 2 aliphatic heterocycles. The van der Waals surface area contributed by atoms with Crippen LogP contribution in [-0.2, 0) is 6.54 Å². The molecule has 1 N–H and O–H groups in total. The molecule has 1 saturated heterocycles. The fourth-order valence-corrected chi connectivity index (χ4v) is 3.67. The summed E-state index contributed by atoms with van der Waals surface area (Å²) < 4.78 is 0. The van der Waals surface area contributed by atoms with Gasteiger partial charge in [-0.25, -0.2) is 14.7 Å². The maximum Gasteiger partial charge on any atom is 0.330 e. The molecule has 3 heterocycles.